The minimum Gasteiger partial charge on any atom is -0.490 e. The second-order valence-corrected chi connectivity index (χ2v) is 9.56. The molecule has 0 spiro atoms. The first-order chi connectivity index (χ1) is 14.7. The van der Waals surface area contributed by atoms with Crippen molar-refractivity contribution in [3.05, 3.63) is 81.3 Å². The molecule has 0 aliphatic carbocycles. The summed E-state index contributed by atoms with van der Waals surface area (Å²) in [6.07, 6.45) is 1.72. The highest BCUT2D eigenvalue weighted by atomic mass is 79.9. The highest BCUT2D eigenvalue weighted by molar-refractivity contribution is 9.10. The van der Waals surface area contributed by atoms with Crippen LogP contribution in [0.4, 0.5) is 5.69 Å². The van der Waals surface area contributed by atoms with E-state index in [1.54, 1.807) is 30.5 Å². The van der Waals surface area contributed by atoms with Crippen LogP contribution in [0.5, 0.6) is 11.5 Å². The van der Waals surface area contributed by atoms with E-state index in [1.807, 2.05) is 45.9 Å². The van der Waals surface area contributed by atoms with Crippen molar-refractivity contribution in [2.24, 2.45) is 4.99 Å². The Morgan fingerprint density at radius 3 is 2.32 bits per heavy atom. The van der Waals surface area contributed by atoms with Gasteiger partial charge in [0, 0.05) is 6.21 Å². The summed E-state index contributed by atoms with van der Waals surface area (Å²) >= 11 is 3.43. The average molecular weight is 502 g/mol. The minimum absolute atomic E-state index is 0.0769. The van der Waals surface area contributed by atoms with Gasteiger partial charge in [0.05, 0.1) is 16.8 Å². The third kappa shape index (κ3) is 5.74. The van der Waals surface area contributed by atoms with Crippen molar-refractivity contribution in [3.8, 4) is 11.5 Å². The number of hydrogen-bond acceptors (Lipinski definition) is 5. The maximum absolute atomic E-state index is 12.8. The molecule has 0 radical (unpaired) electrons. The van der Waals surface area contributed by atoms with E-state index in [0.717, 1.165) is 27.9 Å². The molecule has 0 aromatic heterocycles. The van der Waals surface area contributed by atoms with E-state index >= 15 is 0 Å². The number of halogens is 1. The average Bonchev–Trinajstić information content (AvgIpc) is 2.71. The topological polar surface area (TPSA) is 65.0 Å². The summed E-state index contributed by atoms with van der Waals surface area (Å²) in [5.74, 6) is 0.418. The number of aryl methyl sites for hydroxylation is 3. The first-order valence-electron chi connectivity index (χ1n) is 9.78. The minimum atomic E-state index is -4.02. The monoisotopic (exact) mass is 501 g/mol. The molecule has 0 heterocycles. The van der Waals surface area contributed by atoms with Gasteiger partial charge in [0.15, 0.2) is 11.5 Å². The van der Waals surface area contributed by atoms with Crippen LogP contribution >= 0.6 is 15.9 Å². The van der Waals surface area contributed by atoms with Crippen LogP contribution in [0.2, 0.25) is 0 Å². The Morgan fingerprint density at radius 2 is 1.65 bits per heavy atom. The van der Waals surface area contributed by atoms with Crippen molar-refractivity contribution in [1.29, 1.82) is 0 Å². The maximum atomic E-state index is 12.8. The number of ether oxygens (including phenoxy) is 1. The Bertz CT molecular complexity index is 1220. The molecule has 3 aromatic rings. The SMILES string of the molecule is CCOc1cc(C=Nc2cc(C)ccc2C)cc(Br)c1OS(=O)(=O)c1ccc(C)cc1. The Balaban J connectivity index is 1.96. The molecule has 0 N–H and O–H groups in total. The van der Waals surface area contributed by atoms with Crippen LogP contribution in [-0.2, 0) is 10.1 Å². The van der Waals surface area contributed by atoms with Crippen molar-refractivity contribution in [2.45, 2.75) is 32.6 Å². The smallest absolute Gasteiger partial charge is 0.339 e. The fourth-order valence-corrected chi connectivity index (χ4v) is 4.48. The van der Waals surface area contributed by atoms with Crippen LogP contribution < -0.4 is 8.92 Å². The van der Waals surface area contributed by atoms with Crippen LogP contribution in [0.1, 0.15) is 29.2 Å². The van der Waals surface area contributed by atoms with E-state index in [4.69, 9.17) is 8.92 Å². The highest BCUT2D eigenvalue weighted by Crippen LogP contribution is 2.38. The van der Waals surface area contributed by atoms with Gasteiger partial charge >= 0.3 is 10.1 Å². The molecule has 31 heavy (non-hydrogen) atoms. The molecule has 0 amide bonds. The van der Waals surface area contributed by atoms with Crippen molar-refractivity contribution < 1.29 is 17.3 Å². The standard InChI is InChI=1S/C24H24BrNO4S/c1-5-29-23-14-19(15-26-22-12-17(3)6-9-18(22)4)13-21(25)24(23)30-31(27,28)20-10-7-16(2)8-11-20/h6-15H,5H2,1-4H3. The lowest BCUT2D eigenvalue weighted by Gasteiger charge is -2.14. The molecule has 0 bridgehead atoms. The third-order valence-corrected chi connectivity index (χ3v) is 6.38. The zero-order valence-corrected chi connectivity index (χ0v) is 20.2. The van der Waals surface area contributed by atoms with Crippen LogP contribution in [0.25, 0.3) is 0 Å². The summed E-state index contributed by atoms with van der Waals surface area (Å²) in [6.45, 7) is 8.08. The van der Waals surface area contributed by atoms with E-state index in [2.05, 4.69) is 20.9 Å². The van der Waals surface area contributed by atoms with E-state index < -0.39 is 10.1 Å². The Labute approximate surface area is 192 Å². The first-order valence-corrected chi connectivity index (χ1v) is 12.0. The molecule has 7 heteroatoms. The summed E-state index contributed by atoms with van der Waals surface area (Å²) in [6, 6.07) is 16.0. The van der Waals surface area contributed by atoms with Gasteiger partial charge in [-0.1, -0.05) is 29.8 Å². The van der Waals surface area contributed by atoms with Crippen LogP contribution in [-0.4, -0.2) is 21.2 Å². The molecule has 0 aliphatic rings. The molecule has 3 aromatic carbocycles. The quantitative estimate of drug-likeness (QED) is 0.281. The molecule has 0 aliphatic heterocycles. The number of benzene rings is 3. The van der Waals surface area contributed by atoms with Crippen molar-refractivity contribution in [3.63, 3.8) is 0 Å². The summed E-state index contributed by atoms with van der Waals surface area (Å²) in [5.41, 5.74) is 4.77. The number of aliphatic imine (C=N–C) groups is 1. The molecule has 0 atom stereocenters. The zero-order valence-electron chi connectivity index (χ0n) is 17.8. The van der Waals surface area contributed by atoms with Gasteiger partial charge in [-0.25, -0.2) is 0 Å². The number of hydrogen-bond donors (Lipinski definition) is 0. The van der Waals surface area contributed by atoms with Gasteiger partial charge < -0.3 is 8.92 Å². The summed E-state index contributed by atoms with van der Waals surface area (Å²) in [7, 11) is -4.02. The highest BCUT2D eigenvalue weighted by Gasteiger charge is 2.22. The molecule has 162 valence electrons. The van der Waals surface area contributed by atoms with E-state index in [-0.39, 0.29) is 10.6 Å². The second-order valence-electron chi connectivity index (χ2n) is 7.16. The zero-order chi connectivity index (χ0) is 22.6. The summed E-state index contributed by atoms with van der Waals surface area (Å²) in [5, 5.41) is 0. The molecule has 0 fully saturated rings. The van der Waals surface area contributed by atoms with E-state index in [1.165, 1.54) is 12.1 Å². The Morgan fingerprint density at radius 1 is 0.968 bits per heavy atom. The van der Waals surface area contributed by atoms with Gasteiger partial charge in [-0.15, -0.1) is 0 Å². The number of rotatable bonds is 7. The van der Waals surface area contributed by atoms with Gasteiger partial charge in [0.1, 0.15) is 4.90 Å². The summed E-state index contributed by atoms with van der Waals surface area (Å²) in [4.78, 5) is 4.66. The predicted molar refractivity (Wildman–Crippen MR) is 127 cm³/mol. The molecule has 0 saturated carbocycles. The van der Waals surface area contributed by atoms with Gasteiger partial charge in [-0.3, -0.25) is 4.99 Å². The lowest BCUT2D eigenvalue weighted by molar-refractivity contribution is 0.327. The van der Waals surface area contributed by atoms with Crippen LogP contribution in [0, 0.1) is 20.8 Å². The fraction of sp³-hybridized carbons (Fsp3) is 0.208. The van der Waals surface area contributed by atoms with Crippen molar-refractivity contribution in [2.75, 3.05) is 6.61 Å². The van der Waals surface area contributed by atoms with Crippen LogP contribution in [0.15, 0.2) is 69.0 Å². The Hall–Kier alpha value is -2.64. The lowest BCUT2D eigenvalue weighted by Crippen LogP contribution is -2.11. The van der Waals surface area contributed by atoms with Crippen molar-refractivity contribution >= 4 is 38.0 Å². The first kappa shape index (κ1) is 23.0. The number of nitrogens with zero attached hydrogens (tertiary/aromatic N) is 1. The van der Waals surface area contributed by atoms with Gasteiger partial charge in [0.25, 0.3) is 0 Å². The van der Waals surface area contributed by atoms with Gasteiger partial charge in [-0.05, 0) is 90.6 Å². The Kier molecular flexibility index (Phi) is 7.18. The molecule has 0 unspecified atom stereocenters. The second kappa shape index (κ2) is 9.66. The maximum Gasteiger partial charge on any atom is 0.339 e. The molecular weight excluding hydrogens is 478 g/mol. The largest absolute Gasteiger partial charge is 0.490 e. The summed E-state index contributed by atoms with van der Waals surface area (Å²) < 4.78 is 37.1. The lowest BCUT2D eigenvalue weighted by atomic mass is 10.1. The molecule has 3 rings (SSSR count). The predicted octanol–water partition coefficient (Wildman–Crippen LogP) is 6.29. The van der Waals surface area contributed by atoms with Crippen molar-refractivity contribution in [1.82, 2.24) is 0 Å². The van der Waals surface area contributed by atoms with E-state index in [9.17, 15) is 8.42 Å². The van der Waals surface area contributed by atoms with Crippen LogP contribution in [0.3, 0.4) is 0 Å². The van der Waals surface area contributed by atoms with E-state index in [0.29, 0.717) is 16.8 Å². The molecule has 0 saturated heterocycles. The fourth-order valence-electron chi connectivity index (χ4n) is 2.87. The molecule has 5 nitrogen and oxygen atoms in total. The van der Waals surface area contributed by atoms with Gasteiger partial charge in [0.2, 0.25) is 0 Å². The normalized spacial score (nSPS) is 11.6. The molecular formula is C24H24BrNO4S. The third-order valence-electron chi connectivity index (χ3n) is 4.55. The van der Waals surface area contributed by atoms with Gasteiger partial charge in [-0.2, -0.15) is 8.42 Å².